The molecule has 4 nitrogen and oxygen atoms in total. The molecule has 0 aliphatic carbocycles. The van der Waals surface area contributed by atoms with Gasteiger partial charge < -0.3 is 10.4 Å². The van der Waals surface area contributed by atoms with Crippen LogP contribution in [0.3, 0.4) is 0 Å². The molecule has 0 amide bonds. The topological polar surface area (TPSA) is 66.4 Å². The first-order valence-electron chi connectivity index (χ1n) is 3.16. The van der Waals surface area contributed by atoms with Crippen LogP contribution in [0.2, 0.25) is 0 Å². The Kier molecular flexibility index (Phi) is 5.39. The van der Waals surface area contributed by atoms with E-state index in [0.717, 1.165) is 0 Å². The lowest BCUT2D eigenvalue weighted by molar-refractivity contribution is -0.137. The minimum atomic E-state index is -0.872. The molecule has 0 aromatic carbocycles. The zero-order valence-corrected chi connectivity index (χ0v) is 8.29. The first-order chi connectivity index (χ1) is 5.07. The lowest BCUT2D eigenvalue weighted by Crippen LogP contribution is -2.31. The van der Waals surface area contributed by atoms with Crippen molar-refractivity contribution in [1.82, 2.24) is 5.32 Å². The van der Waals surface area contributed by atoms with E-state index in [9.17, 15) is 9.59 Å². The predicted octanol–water partition coefficient (Wildman–Crippen LogP) is 0.401. The summed E-state index contributed by atoms with van der Waals surface area (Å²) in [5.74, 6) is -0.872. The van der Waals surface area contributed by atoms with Gasteiger partial charge in [-0.15, -0.1) is 0 Å². The van der Waals surface area contributed by atoms with E-state index < -0.39 is 5.97 Å². The van der Waals surface area contributed by atoms with Crippen molar-refractivity contribution in [3.8, 4) is 0 Å². The first kappa shape index (κ1) is 10.8. The first-order valence-corrected chi connectivity index (χ1v) is 4.24. The van der Waals surface area contributed by atoms with Crippen LogP contribution in [-0.2, 0) is 9.59 Å². The second kappa shape index (κ2) is 5.48. The number of hydrogen-bond donors (Lipinski definition) is 2. The molecule has 0 spiro atoms. The van der Waals surface area contributed by atoms with E-state index in [4.69, 9.17) is 5.11 Å². The van der Waals surface area contributed by atoms with Gasteiger partial charge >= 0.3 is 5.97 Å². The smallest absolute Gasteiger partial charge is 0.303 e. The fourth-order valence-corrected chi connectivity index (χ4v) is 1.26. The number of carbonyl (C=O) groups is 2. The summed E-state index contributed by atoms with van der Waals surface area (Å²) in [6.07, 6.45) is 0.383. The molecule has 0 aliphatic rings. The van der Waals surface area contributed by atoms with Gasteiger partial charge in [0.05, 0.1) is 6.04 Å². The van der Waals surface area contributed by atoms with E-state index in [1.54, 1.807) is 29.6 Å². The second-order valence-electron chi connectivity index (χ2n) is 2.08. The summed E-state index contributed by atoms with van der Waals surface area (Å²) in [5.41, 5.74) is 0. The molecule has 1 atom stereocenters. The van der Waals surface area contributed by atoms with Crippen LogP contribution in [0.4, 0.5) is 0 Å². The van der Waals surface area contributed by atoms with Crippen molar-refractivity contribution < 1.29 is 14.7 Å². The van der Waals surface area contributed by atoms with Crippen molar-refractivity contribution in [2.75, 3.05) is 7.05 Å². The summed E-state index contributed by atoms with van der Waals surface area (Å²) in [6, 6.07) is -0.327. The van der Waals surface area contributed by atoms with Gasteiger partial charge in [-0.05, 0) is 13.5 Å². The molecule has 0 aromatic heterocycles. The summed E-state index contributed by atoms with van der Waals surface area (Å²) in [6.45, 7) is 0. The lowest BCUT2D eigenvalue weighted by atomic mass is 10.2. The molecule has 0 saturated carbocycles. The molecule has 0 radical (unpaired) electrons. The molecule has 1 unspecified atom stereocenters. The maximum Gasteiger partial charge on any atom is 0.303 e. The molecular formula is C6H10INO3. The van der Waals surface area contributed by atoms with Crippen LogP contribution in [0.15, 0.2) is 0 Å². The number of halogens is 1. The van der Waals surface area contributed by atoms with Crippen molar-refractivity contribution in [3.05, 3.63) is 0 Å². The average molecular weight is 271 g/mol. The Balaban J connectivity index is 3.70. The van der Waals surface area contributed by atoms with E-state index in [1.807, 2.05) is 0 Å². The Bertz CT molecular complexity index is 160. The van der Waals surface area contributed by atoms with Gasteiger partial charge in [0.2, 0.25) is 3.79 Å². The van der Waals surface area contributed by atoms with Crippen LogP contribution >= 0.6 is 22.6 Å². The number of likely N-dealkylation sites (N-methyl/N-ethyl adjacent to an activating group) is 1. The number of nitrogens with one attached hydrogen (secondary N) is 1. The Hall–Kier alpha value is -0.170. The third-order valence-corrected chi connectivity index (χ3v) is 2.02. The lowest BCUT2D eigenvalue weighted by Gasteiger charge is -2.08. The fourth-order valence-electron chi connectivity index (χ4n) is 0.639. The summed E-state index contributed by atoms with van der Waals surface area (Å²) < 4.78 is -0.0497. The molecule has 5 heteroatoms. The molecule has 0 heterocycles. The highest BCUT2D eigenvalue weighted by Crippen LogP contribution is 2.02. The third kappa shape index (κ3) is 5.14. The van der Waals surface area contributed by atoms with Crippen LogP contribution in [0, 0.1) is 0 Å². The van der Waals surface area contributed by atoms with Gasteiger partial charge in [-0.3, -0.25) is 9.59 Å². The number of carboxylic acid groups (broad SMARTS) is 1. The molecule has 0 bridgehead atoms. The monoisotopic (exact) mass is 271 g/mol. The zero-order valence-electron chi connectivity index (χ0n) is 6.13. The molecular weight excluding hydrogens is 261 g/mol. The maximum absolute atomic E-state index is 10.7. The third-order valence-electron chi connectivity index (χ3n) is 1.27. The minimum absolute atomic E-state index is 0.0280. The van der Waals surface area contributed by atoms with E-state index in [1.165, 1.54) is 0 Å². The van der Waals surface area contributed by atoms with Crippen molar-refractivity contribution >= 4 is 32.4 Å². The zero-order chi connectivity index (χ0) is 8.85. The van der Waals surface area contributed by atoms with Gasteiger partial charge in [0, 0.05) is 29.0 Å². The Labute approximate surface area is 78.5 Å². The summed E-state index contributed by atoms with van der Waals surface area (Å²) in [7, 11) is 1.64. The van der Waals surface area contributed by atoms with Crippen LogP contribution in [-0.4, -0.2) is 28.0 Å². The van der Waals surface area contributed by atoms with Crippen LogP contribution < -0.4 is 5.32 Å². The van der Waals surface area contributed by atoms with Gasteiger partial charge in [0.25, 0.3) is 0 Å². The van der Waals surface area contributed by atoms with Gasteiger partial charge in [0.15, 0.2) is 0 Å². The highest BCUT2D eigenvalue weighted by Gasteiger charge is 2.13. The van der Waals surface area contributed by atoms with Gasteiger partial charge in [-0.25, -0.2) is 0 Å². The number of hydrogen-bond acceptors (Lipinski definition) is 3. The molecule has 0 fully saturated rings. The normalized spacial score (nSPS) is 12.5. The molecule has 2 N–H and O–H groups in total. The van der Waals surface area contributed by atoms with Gasteiger partial charge in [-0.2, -0.15) is 0 Å². The molecule has 11 heavy (non-hydrogen) atoms. The maximum atomic E-state index is 10.7. The minimum Gasteiger partial charge on any atom is -0.481 e. The highest BCUT2D eigenvalue weighted by atomic mass is 127. The van der Waals surface area contributed by atoms with Crippen molar-refractivity contribution in [2.45, 2.75) is 18.9 Å². The molecule has 0 aromatic rings. The number of aliphatic carboxylic acids is 1. The van der Waals surface area contributed by atoms with E-state index in [0.29, 0.717) is 6.42 Å². The Morgan fingerprint density at radius 1 is 1.64 bits per heavy atom. The number of carboxylic acids is 1. The van der Waals surface area contributed by atoms with Gasteiger partial charge in [0.1, 0.15) is 0 Å². The summed E-state index contributed by atoms with van der Waals surface area (Å²) >= 11 is 1.66. The summed E-state index contributed by atoms with van der Waals surface area (Å²) in [5, 5.41) is 11.0. The Morgan fingerprint density at radius 3 is 2.45 bits per heavy atom. The number of rotatable bonds is 5. The van der Waals surface area contributed by atoms with Crippen LogP contribution in [0.5, 0.6) is 0 Å². The van der Waals surface area contributed by atoms with Crippen molar-refractivity contribution in [2.24, 2.45) is 0 Å². The fraction of sp³-hybridized carbons (Fsp3) is 0.667. The molecule has 0 aliphatic heterocycles. The Morgan fingerprint density at radius 2 is 2.18 bits per heavy atom. The van der Waals surface area contributed by atoms with Crippen LogP contribution in [0.1, 0.15) is 12.8 Å². The second-order valence-corrected chi connectivity index (χ2v) is 3.14. The summed E-state index contributed by atoms with van der Waals surface area (Å²) in [4.78, 5) is 20.8. The highest BCUT2D eigenvalue weighted by molar-refractivity contribution is 14.1. The average Bonchev–Trinajstić information content (AvgIpc) is 1.87. The number of carbonyl (C=O) groups excluding carboxylic acids is 1. The molecule has 0 saturated heterocycles. The van der Waals surface area contributed by atoms with Crippen LogP contribution in [0.25, 0.3) is 0 Å². The largest absolute Gasteiger partial charge is 0.481 e. The van der Waals surface area contributed by atoms with Crippen molar-refractivity contribution in [1.29, 1.82) is 0 Å². The quantitative estimate of drug-likeness (QED) is 0.561. The molecule has 0 rings (SSSR count). The van der Waals surface area contributed by atoms with E-state index in [-0.39, 0.29) is 16.3 Å². The SMILES string of the molecule is CNC(CCC(=O)O)C(=O)I. The molecule has 64 valence electrons. The van der Waals surface area contributed by atoms with Crippen molar-refractivity contribution in [3.63, 3.8) is 0 Å². The standard InChI is InChI=1S/C6H10INO3/c1-8-4(6(7)11)2-3-5(9)10/h4,8H,2-3H2,1H3,(H,9,10). The predicted molar refractivity (Wildman–Crippen MR) is 48.7 cm³/mol. The van der Waals surface area contributed by atoms with E-state index >= 15 is 0 Å². The van der Waals surface area contributed by atoms with E-state index in [2.05, 4.69) is 5.32 Å². The van der Waals surface area contributed by atoms with Gasteiger partial charge in [-0.1, -0.05) is 0 Å².